The predicted molar refractivity (Wildman–Crippen MR) is 255 cm³/mol. The first-order valence-corrected chi connectivity index (χ1v) is 20.6. The van der Waals surface area contributed by atoms with E-state index in [-0.39, 0.29) is 0 Å². The van der Waals surface area contributed by atoms with E-state index in [2.05, 4.69) is 252 Å². The molecule has 0 saturated heterocycles. The number of aromatic nitrogens is 1. The highest BCUT2D eigenvalue weighted by molar-refractivity contribution is 6.13. The van der Waals surface area contributed by atoms with E-state index in [1.807, 2.05) is 0 Å². The molecule has 0 fully saturated rings. The molecule has 1 aromatic heterocycles. The molecule has 0 bridgehead atoms. The van der Waals surface area contributed by atoms with Crippen LogP contribution in [0, 0.1) is 0 Å². The van der Waals surface area contributed by atoms with Crippen LogP contribution in [0.4, 0.5) is 17.1 Å². The van der Waals surface area contributed by atoms with Crippen molar-refractivity contribution in [3.63, 3.8) is 0 Å². The van der Waals surface area contributed by atoms with Gasteiger partial charge in [-0.3, -0.25) is 0 Å². The molecule has 282 valence electrons. The number of para-hydroxylation sites is 1. The van der Waals surface area contributed by atoms with Crippen LogP contribution in [0.1, 0.15) is 0 Å². The quantitative estimate of drug-likeness (QED) is 0.150. The third-order valence-corrected chi connectivity index (χ3v) is 11.8. The minimum absolute atomic E-state index is 1.09. The lowest BCUT2D eigenvalue weighted by molar-refractivity contribution is 1.18. The van der Waals surface area contributed by atoms with Gasteiger partial charge in [0.05, 0.1) is 11.0 Å². The molecule has 0 aliphatic rings. The summed E-state index contributed by atoms with van der Waals surface area (Å²) in [5, 5.41) is 5.02. The van der Waals surface area contributed by atoms with Crippen LogP contribution in [0.2, 0.25) is 0 Å². The van der Waals surface area contributed by atoms with E-state index < -0.39 is 0 Å². The van der Waals surface area contributed by atoms with E-state index in [9.17, 15) is 0 Å². The number of fused-ring (bicyclic) bond motifs is 4. The molecule has 0 N–H and O–H groups in total. The molecule has 2 heteroatoms. The van der Waals surface area contributed by atoms with Gasteiger partial charge in [0, 0.05) is 33.5 Å². The van der Waals surface area contributed by atoms with Crippen LogP contribution >= 0.6 is 0 Å². The van der Waals surface area contributed by atoms with Crippen LogP contribution < -0.4 is 4.90 Å². The van der Waals surface area contributed by atoms with Gasteiger partial charge in [0.2, 0.25) is 0 Å². The molecule has 0 aliphatic carbocycles. The molecule has 60 heavy (non-hydrogen) atoms. The zero-order chi connectivity index (χ0) is 39.8. The molecule has 10 aromatic carbocycles. The van der Waals surface area contributed by atoms with Gasteiger partial charge >= 0.3 is 0 Å². The fourth-order valence-electron chi connectivity index (χ4n) is 8.75. The van der Waals surface area contributed by atoms with E-state index in [1.54, 1.807) is 0 Å². The number of anilines is 3. The highest BCUT2D eigenvalue weighted by Gasteiger charge is 2.17. The molecule has 2 nitrogen and oxygen atoms in total. The largest absolute Gasteiger partial charge is 0.310 e. The summed E-state index contributed by atoms with van der Waals surface area (Å²) in [5.41, 5.74) is 16.4. The maximum atomic E-state index is 2.42. The third kappa shape index (κ3) is 6.51. The molecule has 0 unspecified atom stereocenters. The van der Waals surface area contributed by atoms with E-state index in [0.717, 1.165) is 33.9 Å². The second-order valence-electron chi connectivity index (χ2n) is 15.4. The number of hydrogen-bond acceptors (Lipinski definition) is 1. The summed E-state index contributed by atoms with van der Waals surface area (Å²) in [6, 6.07) is 87.8. The molecule has 0 radical (unpaired) electrons. The second-order valence-corrected chi connectivity index (χ2v) is 15.4. The van der Waals surface area contributed by atoms with Gasteiger partial charge in [-0.2, -0.15) is 0 Å². The summed E-state index contributed by atoms with van der Waals surface area (Å²) in [5.74, 6) is 0. The van der Waals surface area contributed by atoms with Crippen molar-refractivity contribution < 1.29 is 0 Å². The molecule has 0 atom stereocenters. The smallest absolute Gasteiger partial charge is 0.0547 e. The topological polar surface area (TPSA) is 8.17 Å². The standard InChI is InChI=1S/C58H40N2/c1-3-13-41(14-4-1)43-25-27-44(28-26-43)46-31-35-52(36-32-46)59(51-33-29-45(30-34-51)42-15-5-2-6-16-42)53-21-11-19-47(37-53)48-20-12-22-54(38-48)60-57-24-10-9-23-55(57)56-39-49-17-7-8-18-50(49)40-58(56)60/h1-40H. The van der Waals surface area contributed by atoms with Crippen molar-refractivity contribution in [2.24, 2.45) is 0 Å². The fourth-order valence-corrected chi connectivity index (χ4v) is 8.75. The van der Waals surface area contributed by atoms with E-state index >= 15 is 0 Å². The second kappa shape index (κ2) is 15.1. The molecule has 1 heterocycles. The van der Waals surface area contributed by atoms with Crippen LogP contribution in [0.25, 0.3) is 82.8 Å². The minimum atomic E-state index is 1.09. The SMILES string of the molecule is c1ccc(-c2ccc(-c3ccc(N(c4ccc(-c5ccccc5)cc4)c4cccc(-c5cccc(-n6c7ccccc7c7cc8ccccc8cc76)c5)c4)cc3)cc2)cc1. The lowest BCUT2D eigenvalue weighted by Gasteiger charge is -2.26. The summed E-state index contributed by atoms with van der Waals surface area (Å²) in [4.78, 5) is 2.36. The van der Waals surface area contributed by atoms with Crippen molar-refractivity contribution in [2.45, 2.75) is 0 Å². The van der Waals surface area contributed by atoms with Crippen molar-refractivity contribution in [1.82, 2.24) is 4.57 Å². The van der Waals surface area contributed by atoms with Crippen LogP contribution in [-0.4, -0.2) is 4.57 Å². The van der Waals surface area contributed by atoms with Gasteiger partial charge in [-0.1, -0.05) is 176 Å². The average molecular weight is 765 g/mol. The zero-order valence-electron chi connectivity index (χ0n) is 33.0. The third-order valence-electron chi connectivity index (χ3n) is 11.8. The maximum Gasteiger partial charge on any atom is 0.0547 e. The molecule has 11 aromatic rings. The molecule has 0 saturated carbocycles. The lowest BCUT2D eigenvalue weighted by atomic mass is 10.00. The van der Waals surface area contributed by atoms with Gasteiger partial charge in [0.1, 0.15) is 0 Å². The minimum Gasteiger partial charge on any atom is -0.310 e. The van der Waals surface area contributed by atoms with Gasteiger partial charge in [0.15, 0.2) is 0 Å². The van der Waals surface area contributed by atoms with E-state index in [4.69, 9.17) is 0 Å². The Bertz CT molecular complexity index is 3270. The molecular weight excluding hydrogens is 725 g/mol. The Kier molecular flexibility index (Phi) is 8.87. The maximum absolute atomic E-state index is 2.42. The van der Waals surface area contributed by atoms with E-state index in [1.165, 1.54) is 66.0 Å². The number of hydrogen-bond donors (Lipinski definition) is 0. The van der Waals surface area contributed by atoms with Crippen molar-refractivity contribution in [3.05, 3.63) is 243 Å². The van der Waals surface area contributed by atoms with Crippen molar-refractivity contribution in [1.29, 1.82) is 0 Å². The van der Waals surface area contributed by atoms with Crippen LogP contribution in [0.15, 0.2) is 243 Å². The first-order valence-electron chi connectivity index (χ1n) is 20.6. The Labute approximate surface area is 350 Å². The highest BCUT2D eigenvalue weighted by atomic mass is 15.1. The monoisotopic (exact) mass is 764 g/mol. The normalized spacial score (nSPS) is 11.3. The fraction of sp³-hybridized carbons (Fsp3) is 0. The molecule has 0 spiro atoms. The average Bonchev–Trinajstić information content (AvgIpc) is 3.65. The Morgan fingerprint density at radius 3 is 1.30 bits per heavy atom. The van der Waals surface area contributed by atoms with Gasteiger partial charge in [-0.05, 0) is 122 Å². The first-order chi connectivity index (χ1) is 29.7. The van der Waals surface area contributed by atoms with Crippen LogP contribution in [-0.2, 0) is 0 Å². The Hall–Kier alpha value is -7.94. The van der Waals surface area contributed by atoms with E-state index in [0.29, 0.717) is 0 Å². The van der Waals surface area contributed by atoms with Crippen molar-refractivity contribution in [3.8, 4) is 50.2 Å². The van der Waals surface area contributed by atoms with Crippen LogP contribution in [0.5, 0.6) is 0 Å². The first kappa shape index (κ1) is 35.2. The zero-order valence-corrected chi connectivity index (χ0v) is 33.0. The molecule has 0 amide bonds. The Balaban J connectivity index is 0.984. The number of nitrogens with zero attached hydrogens (tertiary/aromatic N) is 2. The number of rotatable bonds is 8. The van der Waals surface area contributed by atoms with Gasteiger partial charge in [0.25, 0.3) is 0 Å². The van der Waals surface area contributed by atoms with Crippen molar-refractivity contribution in [2.75, 3.05) is 4.90 Å². The molecule has 11 rings (SSSR count). The highest BCUT2D eigenvalue weighted by Crippen LogP contribution is 2.40. The summed E-state index contributed by atoms with van der Waals surface area (Å²) in [6.07, 6.45) is 0. The summed E-state index contributed by atoms with van der Waals surface area (Å²) >= 11 is 0. The Morgan fingerprint density at radius 1 is 0.250 bits per heavy atom. The molecule has 0 aliphatic heterocycles. The van der Waals surface area contributed by atoms with Gasteiger partial charge in [-0.15, -0.1) is 0 Å². The predicted octanol–water partition coefficient (Wildman–Crippen LogP) is 16.1. The van der Waals surface area contributed by atoms with Crippen molar-refractivity contribution >= 4 is 49.6 Å². The van der Waals surface area contributed by atoms with Gasteiger partial charge < -0.3 is 9.47 Å². The summed E-state index contributed by atoms with van der Waals surface area (Å²) < 4.78 is 2.42. The summed E-state index contributed by atoms with van der Waals surface area (Å²) in [7, 11) is 0. The lowest BCUT2D eigenvalue weighted by Crippen LogP contribution is -2.10. The van der Waals surface area contributed by atoms with Crippen LogP contribution in [0.3, 0.4) is 0 Å². The Morgan fingerprint density at radius 2 is 0.700 bits per heavy atom. The van der Waals surface area contributed by atoms with Gasteiger partial charge in [-0.25, -0.2) is 0 Å². The summed E-state index contributed by atoms with van der Waals surface area (Å²) in [6.45, 7) is 0. The molecular formula is C58H40N2. The number of benzene rings is 10.